The van der Waals surface area contributed by atoms with Crippen LogP contribution in [0.3, 0.4) is 0 Å². The molecule has 37 heavy (non-hydrogen) atoms. The molecule has 190 valence electrons. The fraction of sp³-hybridized carbons (Fsp3) is 0.346. The first-order chi connectivity index (χ1) is 18.0. The zero-order valence-electron chi connectivity index (χ0n) is 20.4. The Kier molecular flexibility index (Phi) is 5.95. The van der Waals surface area contributed by atoms with Gasteiger partial charge >= 0.3 is 5.69 Å². The van der Waals surface area contributed by atoms with Crippen LogP contribution in [0.1, 0.15) is 37.0 Å². The summed E-state index contributed by atoms with van der Waals surface area (Å²) in [6.07, 6.45) is 1.98. The number of nitrogens with zero attached hydrogens (tertiary/aromatic N) is 5. The van der Waals surface area contributed by atoms with Crippen molar-refractivity contribution in [3.05, 3.63) is 70.4 Å². The lowest BCUT2D eigenvalue weighted by Crippen LogP contribution is -2.35. The summed E-state index contributed by atoms with van der Waals surface area (Å²) in [6, 6.07) is 11.1. The summed E-state index contributed by atoms with van der Waals surface area (Å²) >= 11 is 0. The Morgan fingerprint density at radius 1 is 1.16 bits per heavy atom. The van der Waals surface area contributed by atoms with Gasteiger partial charge in [0.1, 0.15) is 19.0 Å². The molecule has 6 rings (SSSR count). The maximum atomic E-state index is 12.7. The molecule has 0 amide bonds. The summed E-state index contributed by atoms with van der Waals surface area (Å²) in [5, 5.41) is 3.96. The number of aromatic nitrogens is 5. The van der Waals surface area contributed by atoms with Gasteiger partial charge in [-0.15, -0.1) is 0 Å². The van der Waals surface area contributed by atoms with Crippen LogP contribution >= 0.6 is 0 Å². The topological polar surface area (TPSA) is 124 Å². The first kappa shape index (κ1) is 23.0. The average Bonchev–Trinajstić information content (AvgIpc) is 3.40. The number of benzene rings is 1. The fourth-order valence-electron chi connectivity index (χ4n) is 4.28. The third-order valence-electron chi connectivity index (χ3n) is 6.14. The molecule has 0 radical (unpaired) electrons. The first-order valence-corrected chi connectivity index (χ1v) is 12.1. The molecular weight excluding hydrogens is 478 g/mol. The highest BCUT2D eigenvalue weighted by Crippen LogP contribution is 2.33. The molecule has 5 heterocycles. The largest absolute Gasteiger partial charge is 0.485 e. The molecule has 1 unspecified atom stereocenters. The Hall–Kier alpha value is -4.41. The number of pyridine rings is 1. The van der Waals surface area contributed by atoms with Crippen LogP contribution in [0.2, 0.25) is 0 Å². The Morgan fingerprint density at radius 2 is 2.08 bits per heavy atom. The molecule has 0 fully saturated rings. The summed E-state index contributed by atoms with van der Waals surface area (Å²) in [5.41, 5.74) is 2.39. The van der Waals surface area contributed by atoms with E-state index in [1.165, 1.54) is 0 Å². The molecule has 4 aromatic rings. The molecule has 0 saturated carbocycles. The van der Waals surface area contributed by atoms with Crippen molar-refractivity contribution in [1.29, 1.82) is 0 Å². The van der Waals surface area contributed by atoms with Crippen LogP contribution in [0.5, 0.6) is 23.3 Å². The molecule has 0 spiro atoms. The maximum absolute atomic E-state index is 12.7. The molecule has 0 N–H and O–H groups in total. The van der Waals surface area contributed by atoms with Gasteiger partial charge in [0, 0.05) is 30.3 Å². The maximum Gasteiger partial charge on any atom is 0.351 e. The van der Waals surface area contributed by atoms with E-state index in [9.17, 15) is 4.79 Å². The van der Waals surface area contributed by atoms with Gasteiger partial charge in [0.05, 0.1) is 5.69 Å². The van der Waals surface area contributed by atoms with E-state index < -0.39 is 0 Å². The molecule has 0 saturated heterocycles. The number of rotatable bonds is 7. The SMILES string of the molecule is CC(C)c1nc(COc2ccc3c(c2)CCn2c-3cc(OCC3COc4ncccc4O3)nc2=O)no1. The van der Waals surface area contributed by atoms with Gasteiger partial charge in [-0.25, -0.2) is 9.78 Å². The van der Waals surface area contributed by atoms with Crippen molar-refractivity contribution in [2.45, 2.75) is 45.4 Å². The number of ether oxygens (including phenoxy) is 4. The molecule has 11 nitrogen and oxygen atoms in total. The second-order valence-electron chi connectivity index (χ2n) is 9.14. The molecule has 1 atom stereocenters. The first-order valence-electron chi connectivity index (χ1n) is 12.1. The predicted molar refractivity (Wildman–Crippen MR) is 130 cm³/mol. The normalized spacial score (nSPS) is 15.7. The van der Waals surface area contributed by atoms with Crippen molar-refractivity contribution in [3.8, 4) is 34.5 Å². The molecular formula is C26H25N5O6. The summed E-state index contributed by atoms with van der Waals surface area (Å²) < 4.78 is 30.2. The Bertz CT molecular complexity index is 1500. The summed E-state index contributed by atoms with van der Waals surface area (Å²) in [5.74, 6) is 3.20. The van der Waals surface area contributed by atoms with Crippen LogP contribution in [0.25, 0.3) is 11.3 Å². The standard InChI is InChI=1S/C26H25N5O6/c1-15(2)24-28-22(30-37-24)14-33-17-5-6-19-16(10-17)7-9-31-20(19)11-23(29-26(31)32)34-12-18-13-35-25-21(36-18)4-3-8-27-25/h3-6,8,10-11,15,18H,7,9,12-14H2,1-2H3. The van der Waals surface area contributed by atoms with Gasteiger partial charge in [-0.05, 0) is 42.3 Å². The van der Waals surface area contributed by atoms with E-state index in [0.29, 0.717) is 48.7 Å². The highest BCUT2D eigenvalue weighted by atomic mass is 16.6. The smallest absolute Gasteiger partial charge is 0.351 e. The highest BCUT2D eigenvalue weighted by molar-refractivity contribution is 5.67. The van der Waals surface area contributed by atoms with Crippen molar-refractivity contribution in [2.24, 2.45) is 0 Å². The lowest BCUT2D eigenvalue weighted by Gasteiger charge is -2.25. The van der Waals surface area contributed by atoms with E-state index in [2.05, 4.69) is 20.1 Å². The van der Waals surface area contributed by atoms with Crippen molar-refractivity contribution in [2.75, 3.05) is 13.2 Å². The van der Waals surface area contributed by atoms with Gasteiger partial charge in [-0.2, -0.15) is 9.97 Å². The summed E-state index contributed by atoms with van der Waals surface area (Å²) in [7, 11) is 0. The van der Waals surface area contributed by atoms with E-state index >= 15 is 0 Å². The molecule has 0 bridgehead atoms. The second-order valence-corrected chi connectivity index (χ2v) is 9.14. The van der Waals surface area contributed by atoms with Crippen LogP contribution < -0.4 is 24.6 Å². The van der Waals surface area contributed by atoms with Crippen molar-refractivity contribution in [1.82, 2.24) is 24.7 Å². The van der Waals surface area contributed by atoms with Crippen LogP contribution in [0, 0.1) is 0 Å². The van der Waals surface area contributed by atoms with Gasteiger partial charge in [-0.1, -0.05) is 19.0 Å². The second kappa shape index (κ2) is 9.57. The van der Waals surface area contributed by atoms with Crippen LogP contribution in [-0.4, -0.2) is 44.0 Å². The van der Waals surface area contributed by atoms with E-state index in [1.54, 1.807) is 29.0 Å². The van der Waals surface area contributed by atoms with Gasteiger partial charge in [0.25, 0.3) is 5.88 Å². The predicted octanol–water partition coefficient (Wildman–Crippen LogP) is 3.17. The lowest BCUT2D eigenvalue weighted by molar-refractivity contribution is 0.0486. The molecule has 11 heteroatoms. The van der Waals surface area contributed by atoms with Gasteiger partial charge < -0.3 is 23.5 Å². The number of aryl methyl sites for hydroxylation is 1. The van der Waals surface area contributed by atoms with Crippen LogP contribution in [0.4, 0.5) is 0 Å². The highest BCUT2D eigenvalue weighted by Gasteiger charge is 2.24. The summed E-state index contributed by atoms with van der Waals surface area (Å²) in [4.78, 5) is 25.3. The number of fused-ring (bicyclic) bond motifs is 4. The van der Waals surface area contributed by atoms with Crippen molar-refractivity contribution >= 4 is 0 Å². The lowest BCUT2D eigenvalue weighted by atomic mass is 9.97. The molecule has 3 aromatic heterocycles. The zero-order chi connectivity index (χ0) is 25.4. The van der Waals surface area contributed by atoms with Gasteiger partial charge in [-0.3, -0.25) is 4.57 Å². The minimum Gasteiger partial charge on any atom is -0.485 e. The van der Waals surface area contributed by atoms with Gasteiger partial charge in [0.2, 0.25) is 17.6 Å². The third-order valence-corrected chi connectivity index (χ3v) is 6.14. The average molecular weight is 504 g/mol. The quantitative estimate of drug-likeness (QED) is 0.371. The van der Waals surface area contributed by atoms with Crippen LogP contribution in [0.15, 0.2) is 51.9 Å². The van der Waals surface area contributed by atoms with Gasteiger partial charge in [0.15, 0.2) is 18.5 Å². The van der Waals surface area contributed by atoms with E-state index in [-0.39, 0.29) is 36.8 Å². The minimum absolute atomic E-state index is 0.161. The molecule has 2 aliphatic heterocycles. The molecule has 2 aliphatic rings. The number of hydrogen-bond acceptors (Lipinski definition) is 10. The molecule has 0 aliphatic carbocycles. The Balaban J connectivity index is 1.16. The van der Waals surface area contributed by atoms with Crippen LogP contribution in [-0.2, 0) is 19.6 Å². The number of hydrogen-bond donors (Lipinski definition) is 0. The van der Waals surface area contributed by atoms with E-state index in [4.69, 9.17) is 23.5 Å². The molecule has 1 aromatic carbocycles. The zero-order valence-corrected chi connectivity index (χ0v) is 20.4. The van der Waals surface area contributed by atoms with E-state index in [0.717, 1.165) is 16.8 Å². The Labute approximate surface area is 212 Å². The Morgan fingerprint density at radius 3 is 2.95 bits per heavy atom. The van der Waals surface area contributed by atoms with E-state index in [1.807, 2.05) is 32.0 Å². The van der Waals surface area contributed by atoms with Crippen molar-refractivity contribution < 1.29 is 23.5 Å². The fourth-order valence-corrected chi connectivity index (χ4v) is 4.28. The minimum atomic E-state index is -0.355. The monoisotopic (exact) mass is 503 g/mol. The van der Waals surface area contributed by atoms with Crippen molar-refractivity contribution in [3.63, 3.8) is 0 Å². The third kappa shape index (κ3) is 4.72. The summed E-state index contributed by atoms with van der Waals surface area (Å²) in [6.45, 7) is 5.18.